The molecule has 2 aromatic carbocycles. The second kappa shape index (κ2) is 6.36. The highest BCUT2D eigenvalue weighted by Gasteiger charge is 2.15. The molecule has 0 fully saturated rings. The Morgan fingerprint density at radius 1 is 1.19 bits per heavy atom. The summed E-state index contributed by atoms with van der Waals surface area (Å²) in [7, 11) is -3.67. The maximum Gasteiger partial charge on any atom is 0.261 e. The molecule has 0 aliphatic carbocycles. The molecule has 0 bridgehead atoms. The van der Waals surface area contributed by atoms with E-state index in [0.717, 1.165) is 0 Å². The molecule has 7 heteroatoms. The SMILES string of the molecule is CCOc1ccc(NS(=O)(=O)c2ccc(Br)c(N)c2)cc1. The van der Waals surface area contributed by atoms with E-state index in [1.54, 1.807) is 30.3 Å². The summed E-state index contributed by atoms with van der Waals surface area (Å²) in [5.41, 5.74) is 6.53. The van der Waals surface area contributed by atoms with E-state index >= 15 is 0 Å². The van der Waals surface area contributed by atoms with Crippen molar-refractivity contribution in [1.82, 2.24) is 0 Å². The quantitative estimate of drug-likeness (QED) is 0.791. The molecule has 0 aliphatic heterocycles. The van der Waals surface area contributed by atoms with E-state index < -0.39 is 10.0 Å². The van der Waals surface area contributed by atoms with Crippen molar-refractivity contribution in [3.05, 3.63) is 46.9 Å². The van der Waals surface area contributed by atoms with Crippen molar-refractivity contribution in [2.75, 3.05) is 17.1 Å². The summed E-state index contributed by atoms with van der Waals surface area (Å²) in [4.78, 5) is 0.108. The summed E-state index contributed by atoms with van der Waals surface area (Å²) < 4.78 is 33.0. The predicted octanol–water partition coefficient (Wildman–Crippen LogP) is 3.23. The molecular formula is C14H15BrN2O3S. The first kappa shape index (κ1) is 15.7. The van der Waals surface area contributed by atoms with Crippen LogP contribution >= 0.6 is 15.9 Å². The van der Waals surface area contributed by atoms with Gasteiger partial charge >= 0.3 is 0 Å². The van der Waals surface area contributed by atoms with Gasteiger partial charge in [0.05, 0.1) is 11.5 Å². The minimum atomic E-state index is -3.67. The third kappa shape index (κ3) is 3.89. The summed E-state index contributed by atoms with van der Waals surface area (Å²) in [6.45, 7) is 2.44. The first-order valence-electron chi connectivity index (χ1n) is 6.23. The number of nitrogens with two attached hydrogens (primary N) is 1. The van der Waals surface area contributed by atoms with Gasteiger partial charge in [0.2, 0.25) is 0 Å². The molecule has 0 aliphatic rings. The highest BCUT2D eigenvalue weighted by molar-refractivity contribution is 9.10. The van der Waals surface area contributed by atoms with Crippen molar-refractivity contribution in [2.45, 2.75) is 11.8 Å². The minimum Gasteiger partial charge on any atom is -0.494 e. The number of halogens is 1. The van der Waals surface area contributed by atoms with Crippen molar-refractivity contribution >= 4 is 37.3 Å². The van der Waals surface area contributed by atoms with Gasteiger partial charge in [0.15, 0.2) is 0 Å². The van der Waals surface area contributed by atoms with Crippen LogP contribution in [0.25, 0.3) is 0 Å². The average molecular weight is 371 g/mol. The Morgan fingerprint density at radius 3 is 2.43 bits per heavy atom. The summed E-state index contributed by atoms with van der Waals surface area (Å²) in [6, 6.07) is 11.2. The lowest BCUT2D eigenvalue weighted by molar-refractivity contribution is 0.340. The van der Waals surface area contributed by atoms with E-state index in [4.69, 9.17) is 10.5 Å². The van der Waals surface area contributed by atoms with Crippen LogP contribution in [-0.2, 0) is 10.0 Å². The summed E-state index contributed by atoms with van der Waals surface area (Å²) in [6.07, 6.45) is 0. The van der Waals surface area contributed by atoms with Crippen LogP contribution in [0.2, 0.25) is 0 Å². The Hall–Kier alpha value is -1.73. The smallest absolute Gasteiger partial charge is 0.261 e. The molecule has 0 atom stereocenters. The zero-order valence-corrected chi connectivity index (χ0v) is 13.7. The van der Waals surface area contributed by atoms with Gasteiger partial charge in [-0.2, -0.15) is 0 Å². The molecule has 2 rings (SSSR count). The van der Waals surface area contributed by atoms with Gasteiger partial charge in [0.25, 0.3) is 10.0 Å². The fraction of sp³-hybridized carbons (Fsp3) is 0.143. The Bertz CT molecular complexity index is 730. The highest BCUT2D eigenvalue weighted by atomic mass is 79.9. The Morgan fingerprint density at radius 2 is 1.86 bits per heavy atom. The van der Waals surface area contributed by atoms with Gasteiger partial charge in [-0.15, -0.1) is 0 Å². The van der Waals surface area contributed by atoms with Crippen LogP contribution in [0.4, 0.5) is 11.4 Å². The first-order chi connectivity index (χ1) is 9.92. The number of nitrogen functional groups attached to an aromatic ring is 1. The number of benzene rings is 2. The number of ether oxygens (including phenoxy) is 1. The fourth-order valence-electron chi connectivity index (χ4n) is 1.69. The van der Waals surface area contributed by atoms with E-state index in [1.165, 1.54) is 12.1 Å². The van der Waals surface area contributed by atoms with Gasteiger partial charge in [0.1, 0.15) is 5.75 Å². The summed E-state index contributed by atoms with van der Waals surface area (Å²) >= 11 is 3.23. The normalized spacial score (nSPS) is 11.1. The Balaban J connectivity index is 2.22. The standard InChI is InChI=1S/C14H15BrN2O3S/c1-2-20-11-5-3-10(4-6-11)17-21(18,19)12-7-8-13(15)14(16)9-12/h3-9,17H,2,16H2,1H3. The molecule has 0 spiro atoms. The highest BCUT2D eigenvalue weighted by Crippen LogP contribution is 2.25. The van der Waals surface area contributed by atoms with E-state index in [1.807, 2.05) is 6.92 Å². The van der Waals surface area contributed by atoms with Crippen LogP contribution in [0.15, 0.2) is 51.8 Å². The monoisotopic (exact) mass is 370 g/mol. The van der Waals surface area contributed by atoms with Crippen LogP contribution in [0, 0.1) is 0 Å². The van der Waals surface area contributed by atoms with Crippen LogP contribution in [0.5, 0.6) is 5.75 Å². The molecule has 0 heterocycles. The molecule has 0 unspecified atom stereocenters. The molecule has 112 valence electrons. The second-order valence-electron chi connectivity index (χ2n) is 4.25. The second-order valence-corrected chi connectivity index (χ2v) is 6.78. The van der Waals surface area contributed by atoms with E-state index in [0.29, 0.717) is 28.2 Å². The van der Waals surface area contributed by atoms with Gasteiger partial charge < -0.3 is 10.5 Å². The number of hydrogen-bond donors (Lipinski definition) is 2. The molecular weight excluding hydrogens is 356 g/mol. The van der Waals surface area contributed by atoms with Crippen LogP contribution in [0.1, 0.15) is 6.92 Å². The third-order valence-electron chi connectivity index (χ3n) is 2.70. The molecule has 0 radical (unpaired) electrons. The van der Waals surface area contributed by atoms with Gasteiger partial charge in [0, 0.05) is 15.8 Å². The summed E-state index contributed by atoms with van der Waals surface area (Å²) in [5.74, 6) is 0.688. The third-order valence-corrected chi connectivity index (χ3v) is 4.80. The lowest BCUT2D eigenvalue weighted by Crippen LogP contribution is -2.13. The molecule has 0 amide bonds. The molecule has 0 aromatic heterocycles. The van der Waals surface area contributed by atoms with E-state index in [2.05, 4.69) is 20.7 Å². The van der Waals surface area contributed by atoms with Crippen molar-refractivity contribution in [3.8, 4) is 5.75 Å². The van der Waals surface area contributed by atoms with Crippen molar-refractivity contribution in [1.29, 1.82) is 0 Å². The van der Waals surface area contributed by atoms with Gasteiger partial charge in [-0.05, 0) is 65.3 Å². The summed E-state index contributed by atoms with van der Waals surface area (Å²) in [5, 5.41) is 0. The Labute approximate surface area is 132 Å². The van der Waals surface area contributed by atoms with Crippen LogP contribution in [-0.4, -0.2) is 15.0 Å². The van der Waals surface area contributed by atoms with Gasteiger partial charge in [-0.25, -0.2) is 8.42 Å². The van der Waals surface area contributed by atoms with E-state index in [-0.39, 0.29) is 4.90 Å². The zero-order chi connectivity index (χ0) is 15.5. The first-order valence-corrected chi connectivity index (χ1v) is 8.50. The van der Waals surface area contributed by atoms with Crippen molar-refractivity contribution in [2.24, 2.45) is 0 Å². The Kier molecular flexibility index (Phi) is 4.74. The maximum absolute atomic E-state index is 12.3. The molecule has 5 nitrogen and oxygen atoms in total. The largest absolute Gasteiger partial charge is 0.494 e. The average Bonchev–Trinajstić information content (AvgIpc) is 2.44. The maximum atomic E-state index is 12.3. The fourth-order valence-corrected chi connectivity index (χ4v) is 3.03. The number of nitrogens with one attached hydrogen (secondary N) is 1. The number of anilines is 2. The molecule has 21 heavy (non-hydrogen) atoms. The number of hydrogen-bond acceptors (Lipinski definition) is 4. The lowest BCUT2D eigenvalue weighted by atomic mass is 10.3. The zero-order valence-electron chi connectivity index (χ0n) is 11.3. The number of sulfonamides is 1. The van der Waals surface area contributed by atoms with E-state index in [9.17, 15) is 8.42 Å². The molecule has 2 aromatic rings. The minimum absolute atomic E-state index is 0.108. The lowest BCUT2D eigenvalue weighted by Gasteiger charge is -2.10. The predicted molar refractivity (Wildman–Crippen MR) is 87.0 cm³/mol. The topological polar surface area (TPSA) is 81.4 Å². The van der Waals surface area contributed by atoms with Gasteiger partial charge in [-0.3, -0.25) is 4.72 Å². The van der Waals surface area contributed by atoms with Crippen molar-refractivity contribution in [3.63, 3.8) is 0 Å². The molecule has 0 saturated heterocycles. The number of rotatable bonds is 5. The van der Waals surface area contributed by atoms with Crippen LogP contribution < -0.4 is 15.2 Å². The van der Waals surface area contributed by atoms with Gasteiger partial charge in [-0.1, -0.05) is 0 Å². The molecule has 3 N–H and O–H groups in total. The molecule has 0 saturated carbocycles. The van der Waals surface area contributed by atoms with Crippen LogP contribution in [0.3, 0.4) is 0 Å². The van der Waals surface area contributed by atoms with Crippen molar-refractivity contribution < 1.29 is 13.2 Å².